The number of hydrogen-bond donors (Lipinski definition) is 1. The first-order valence-corrected chi connectivity index (χ1v) is 10.5. The third kappa shape index (κ3) is 4.90. The first-order chi connectivity index (χ1) is 13.0. The van der Waals surface area contributed by atoms with E-state index in [1.165, 1.54) is 31.4 Å². The van der Waals surface area contributed by atoms with Gasteiger partial charge in [-0.05, 0) is 42.5 Å². The number of hydrogen-bond acceptors (Lipinski definition) is 5. The van der Waals surface area contributed by atoms with Crippen LogP contribution >= 0.6 is 24.0 Å². The van der Waals surface area contributed by atoms with Gasteiger partial charge in [0.15, 0.2) is 0 Å². The maximum Gasteiger partial charge on any atom is 0.323 e. The predicted molar refractivity (Wildman–Crippen MR) is 114 cm³/mol. The zero-order valence-electron chi connectivity index (χ0n) is 15.4. The van der Waals surface area contributed by atoms with Crippen LogP contribution in [0.4, 0.5) is 5.69 Å². The molecule has 27 heavy (non-hydrogen) atoms. The Kier molecular flexibility index (Phi) is 6.55. The number of rotatable bonds is 6. The summed E-state index contributed by atoms with van der Waals surface area (Å²) in [4.78, 5) is 27.2. The zero-order chi connectivity index (χ0) is 19.4. The lowest BCUT2D eigenvalue weighted by atomic mass is 9.92. The molecule has 0 atom stereocenters. The molecule has 1 amide bonds. The van der Waals surface area contributed by atoms with Crippen LogP contribution in [0.25, 0.3) is 6.08 Å². The van der Waals surface area contributed by atoms with Gasteiger partial charge >= 0.3 is 5.97 Å². The Balaban J connectivity index is 1.64. The number of piperidine rings is 1. The fourth-order valence-corrected chi connectivity index (χ4v) is 4.85. The minimum atomic E-state index is -1.07. The van der Waals surface area contributed by atoms with Gasteiger partial charge in [0.2, 0.25) is 0 Å². The summed E-state index contributed by atoms with van der Waals surface area (Å²) >= 11 is 6.27. The monoisotopic (exact) mass is 404 g/mol. The van der Waals surface area contributed by atoms with Gasteiger partial charge < -0.3 is 10.0 Å². The van der Waals surface area contributed by atoms with Crippen molar-refractivity contribution in [1.82, 2.24) is 4.90 Å². The number of amides is 1. The molecule has 2 heterocycles. The number of thiocarbonyl (C=S) groups is 1. The number of carbonyl (C=O) groups is 2. The van der Waals surface area contributed by atoms with Crippen molar-refractivity contribution in [3.8, 4) is 0 Å². The summed E-state index contributed by atoms with van der Waals surface area (Å²) in [7, 11) is 0. The molecule has 0 aliphatic carbocycles. The quantitative estimate of drug-likeness (QED) is 0.571. The number of nitrogens with zero attached hydrogens (tertiary/aromatic N) is 2. The number of carbonyl (C=O) groups excluding carboxylic acids is 1. The maximum absolute atomic E-state index is 12.3. The molecule has 1 aromatic rings. The molecule has 2 aliphatic rings. The molecule has 7 heteroatoms. The molecule has 144 valence electrons. The van der Waals surface area contributed by atoms with E-state index in [1.54, 1.807) is 6.08 Å². The van der Waals surface area contributed by atoms with Crippen molar-refractivity contribution < 1.29 is 14.7 Å². The summed E-state index contributed by atoms with van der Waals surface area (Å²) in [5, 5.41) is 8.90. The van der Waals surface area contributed by atoms with Crippen LogP contribution in [0, 0.1) is 5.92 Å². The van der Waals surface area contributed by atoms with Crippen LogP contribution in [0.5, 0.6) is 0 Å². The average molecular weight is 405 g/mol. The zero-order valence-corrected chi connectivity index (χ0v) is 17.0. The summed E-state index contributed by atoms with van der Waals surface area (Å²) in [6.07, 6.45) is 6.87. The normalized spacial score (nSPS) is 20.0. The lowest BCUT2D eigenvalue weighted by Gasteiger charge is -2.33. The molecule has 3 rings (SSSR count). The van der Waals surface area contributed by atoms with Crippen molar-refractivity contribution in [2.24, 2.45) is 5.92 Å². The first-order valence-electron chi connectivity index (χ1n) is 9.30. The average Bonchev–Trinajstić information content (AvgIpc) is 2.90. The molecule has 1 aromatic carbocycles. The van der Waals surface area contributed by atoms with Crippen LogP contribution in [0.3, 0.4) is 0 Å². The van der Waals surface area contributed by atoms with Crippen LogP contribution < -0.4 is 4.90 Å². The molecule has 2 saturated heterocycles. The van der Waals surface area contributed by atoms with Gasteiger partial charge in [-0.15, -0.1) is 0 Å². The number of thioether (sulfide) groups is 1. The van der Waals surface area contributed by atoms with Crippen LogP contribution in [-0.2, 0) is 9.59 Å². The highest BCUT2D eigenvalue weighted by atomic mass is 32.2. The number of aliphatic carboxylic acids is 1. The third-order valence-electron chi connectivity index (χ3n) is 5.03. The second-order valence-electron chi connectivity index (χ2n) is 6.97. The molecule has 0 aromatic heterocycles. The van der Waals surface area contributed by atoms with Crippen LogP contribution in [0.15, 0.2) is 29.2 Å². The Labute approximate surface area is 169 Å². The smallest absolute Gasteiger partial charge is 0.323 e. The van der Waals surface area contributed by atoms with E-state index in [-0.39, 0.29) is 5.91 Å². The summed E-state index contributed by atoms with van der Waals surface area (Å²) in [5.41, 5.74) is 2.12. The lowest BCUT2D eigenvalue weighted by molar-refractivity contribution is -0.140. The number of anilines is 1. The fraction of sp³-hybridized carbons (Fsp3) is 0.450. The Hall–Kier alpha value is -1.86. The highest BCUT2D eigenvalue weighted by Crippen LogP contribution is 2.33. The van der Waals surface area contributed by atoms with Gasteiger partial charge in [-0.25, -0.2) is 0 Å². The second-order valence-corrected chi connectivity index (χ2v) is 8.65. The van der Waals surface area contributed by atoms with Gasteiger partial charge in [0.05, 0.1) is 4.91 Å². The molecular weight excluding hydrogens is 380 g/mol. The summed E-state index contributed by atoms with van der Waals surface area (Å²) in [5.74, 6) is -0.549. The van der Waals surface area contributed by atoms with E-state index in [4.69, 9.17) is 17.3 Å². The Bertz CT molecular complexity index is 753. The standard InChI is InChI=1S/C20H24N2O3S2/c1-2-3-14-8-10-21(11-9-14)16-6-4-15(5-7-16)12-17-19(25)22(13-18(23)24)20(26)27-17/h4-7,12,14H,2-3,8-11,13H2,1H3,(H,23,24)/b17-12-. The molecule has 0 radical (unpaired) electrons. The van der Waals surface area contributed by atoms with E-state index in [2.05, 4.69) is 24.0 Å². The van der Waals surface area contributed by atoms with E-state index in [9.17, 15) is 9.59 Å². The molecule has 1 N–H and O–H groups in total. The summed E-state index contributed by atoms with van der Waals surface area (Å²) < 4.78 is 0.292. The first kappa shape index (κ1) is 19.9. The van der Waals surface area contributed by atoms with Crippen molar-refractivity contribution in [3.05, 3.63) is 34.7 Å². The van der Waals surface area contributed by atoms with E-state index in [1.807, 2.05) is 12.1 Å². The molecule has 0 unspecified atom stereocenters. The predicted octanol–water partition coefficient (Wildman–Crippen LogP) is 3.99. The molecule has 0 saturated carbocycles. The molecule has 0 spiro atoms. The van der Waals surface area contributed by atoms with E-state index >= 15 is 0 Å². The lowest BCUT2D eigenvalue weighted by Crippen LogP contribution is -2.33. The van der Waals surface area contributed by atoms with E-state index in [0.29, 0.717) is 9.23 Å². The largest absolute Gasteiger partial charge is 0.480 e. The Morgan fingerprint density at radius 3 is 2.56 bits per heavy atom. The molecule has 2 aliphatic heterocycles. The van der Waals surface area contributed by atoms with Gasteiger partial charge in [-0.2, -0.15) is 0 Å². The van der Waals surface area contributed by atoms with Crippen molar-refractivity contribution in [2.75, 3.05) is 24.5 Å². The maximum atomic E-state index is 12.3. The van der Waals surface area contributed by atoms with Crippen LogP contribution in [0.1, 0.15) is 38.2 Å². The topological polar surface area (TPSA) is 60.9 Å². The third-order valence-corrected chi connectivity index (χ3v) is 6.41. The minimum absolute atomic E-state index is 0.292. The second kappa shape index (κ2) is 8.89. The van der Waals surface area contributed by atoms with Gasteiger partial charge in [0.25, 0.3) is 5.91 Å². The molecule has 5 nitrogen and oxygen atoms in total. The van der Waals surface area contributed by atoms with Gasteiger partial charge in [0, 0.05) is 18.8 Å². The van der Waals surface area contributed by atoms with Crippen molar-refractivity contribution >= 4 is 51.9 Å². The number of carboxylic acids is 1. The van der Waals surface area contributed by atoms with E-state index in [0.717, 1.165) is 41.2 Å². The molecule has 2 fully saturated rings. The Morgan fingerprint density at radius 1 is 1.30 bits per heavy atom. The van der Waals surface area contributed by atoms with Gasteiger partial charge in [0.1, 0.15) is 10.9 Å². The van der Waals surface area contributed by atoms with Crippen molar-refractivity contribution in [2.45, 2.75) is 32.6 Å². The van der Waals surface area contributed by atoms with Gasteiger partial charge in [-0.3, -0.25) is 14.5 Å². The molecule has 0 bridgehead atoms. The highest BCUT2D eigenvalue weighted by Gasteiger charge is 2.33. The highest BCUT2D eigenvalue weighted by molar-refractivity contribution is 8.26. The Morgan fingerprint density at radius 2 is 1.96 bits per heavy atom. The van der Waals surface area contributed by atoms with Crippen molar-refractivity contribution in [3.63, 3.8) is 0 Å². The minimum Gasteiger partial charge on any atom is -0.480 e. The van der Waals surface area contributed by atoms with Crippen LogP contribution in [0.2, 0.25) is 0 Å². The summed E-state index contributed by atoms with van der Waals surface area (Å²) in [6.45, 7) is 4.05. The molecular formula is C20H24N2O3S2. The SMILES string of the molecule is CCCC1CCN(c2ccc(/C=C3\SC(=S)N(CC(=O)O)C3=O)cc2)CC1. The van der Waals surface area contributed by atoms with E-state index < -0.39 is 12.5 Å². The fourth-order valence-electron chi connectivity index (χ4n) is 3.59. The van der Waals surface area contributed by atoms with Crippen LogP contribution in [-0.4, -0.2) is 45.8 Å². The summed E-state index contributed by atoms with van der Waals surface area (Å²) in [6, 6.07) is 8.17. The van der Waals surface area contributed by atoms with Crippen molar-refractivity contribution in [1.29, 1.82) is 0 Å². The number of benzene rings is 1. The number of carboxylic acid groups (broad SMARTS) is 1. The van der Waals surface area contributed by atoms with Gasteiger partial charge in [-0.1, -0.05) is 55.9 Å².